The van der Waals surface area contributed by atoms with Gasteiger partial charge in [-0.25, -0.2) is 4.90 Å². The maximum atomic E-state index is 13.0. The second kappa shape index (κ2) is 4.50. The van der Waals surface area contributed by atoms with Crippen molar-refractivity contribution in [2.24, 2.45) is 23.7 Å². The van der Waals surface area contributed by atoms with Crippen LogP contribution in [0.4, 0.5) is 5.69 Å². The molecule has 4 atom stereocenters. The first-order valence-electron chi connectivity index (χ1n) is 8.21. The van der Waals surface area contributed by atoms with Crippen molar-refractivity contribution < 1.29 is 19.1 Å². The van der Waals surface area contributed by atoms with E-state index in [9.17, 15) is 9.59 Å². The number of ether oxygens (including phenoxy) is 2. The lowest BCUT2D eigenvalue weighted by Crippen LogP contribution is -2.33. The largest absolute Gasteiger partial charge is 0.454 e. The summed E-state index contributed by atoms with van der Waals surface area (Å²) < 4.78 is 10.7. The van der Waals surface area contributed by atoms with Crippen molar-refractivity contribution in [1.29, 1.82) is 0 Å². The molecule has 0 N–H and O–H groups in total. The van der Waals surface area contributed by atoms with Gasteiger partial charge in [0.1, 0.15) is 0 Å². The van der Waals surface area contributed by atoms with Crippen LogP contribution in [0.2, 0.25) is 0 Å². The van der Waals surface area contributed by atoms with E-state index in [1.54, 1.807) is 18.2 Å². The average Bonchev–Trinajstić information content (AvgIpc) is 3.29. The first-order chi connectivity index (χ1) is 11.6. The molecule has 122 valence electrons. The Hall–Kier alpha value is -2.56. The molecule has 1 saturated carbocycles. The highest BCUT2D eigenvalue weighted by Crippen LogP contribution is 2.57. The molecular formula is C19H17NO4. The van der Waals surface area contributed by atoms with E-state index in [1.165, 1.54) is 16.0 Å². The highest BCUT2D eigenvalue weighted by atomic mass is 16.7. The molecule has 0 unspecified atom stereocenters. The predicted octanol–water partition coefficient (Wildman–Crippen LogP) is 2.67. The Morgan fingerprint density at radius 2 is 1.62 bits per heavy atom. The minimum absolute atomic E-state index is 0.0699. The smallest absolute Gasteiger partial charge is 0.238 e. The number of amides is 2. The third-order valence-electron chi connectivity index (χ3n) is 5.61. The summed E-state index contributed by atoms with van der Waals surface area (Å²) in [6.07, 6.45) is 4.20. The Morgan fingerprint density at radius 1 is 1.00 bits per heavy atom. The van der Waals surface area contributed by atoms with Crippen molar-refractivity contribution in [3.8, 4) is 11.5 Å². The van der Waals surface area contributed by atoms with Crippen LogP contribution in [0.1, 0.15) is 13.8 Å². The van der Waals surface area contributed by atoms with Crippen LogP contribution in [0, 0.1) is 23.7 Å². The first kappa shape index (κ1) is 13.8. The van der Waals surface area contributed by atoms with Gasteiger partial charge in [0.25, 0.3) is 0 Å². The molecule has 2 amide bonds. The van der Waals surface area contributed by atoms with Gasteiger partial charge in [0.15, 0.2) is 11.5 Å². The average molecular weight is 323 g/mol. The Labute approximate surface area is 139 Å². The zero-order valence-corrected chi connectivity index (χ0v) is 13.5. The van der Waals surface area contributed by atoms with Crippen molar-refractivity contribution in [2.75, 3.05) is 11.7 Å². The Balaban J connectivity index is 1.56. The second-order valence-corrected chi connectivity index (χ2v) is 6.99. The molecular weight excluding hydrogens is 306 g/mol. The molecule has 4 aliphatic rings. The molecule has 1 saturated heterocycles. The molecule has 0 radical (unpaired) electrons. The highest BCUT2D eigenvalue weighted by molar-refractivity contribution is 6.23. The van der Waals surface area contributed by atoms with Gasteiger partial charge >= 0.3 is 0 Å². The van der Waals surface area contributed by atoms with Gasteiger partial charge in [-0.1, -0.05) is 23.3 Å². The minimum Gasteiger partial charge on any atom is -0.454 e. The molecule has 1 aromatic carbocycles. The van der Waals surface area contributed by atoms with Crippen LogP contribution in [-0.2, 0) is 9.59 Å². The van der Waals surface area contributed by atoms with Crippen LogP contribution in [-0.4, -0.2) is 18.6 Å². The lowest BCUT2D eigenvalue weighted by atomic mass is 9.85. The summed E-state index contributed by atoms with van der Waals surface area (Å²) in [5.41, 5.74) is 3.05. The fourth-order valence-corrected chi connectivity index (χ4v) is 4.71. The fourth-order valence-electron chi connectivity index (χ4n) is 4.71. The molecule has 5 heteroatoms. The molecule has 2 fully saturated rings. The molecule has 0 spiro atoms. The summed E-state index contributed by atoms with van der Waals surface area (Å²) in [6, 6.07) is 5.22. The number of nitrogens with zero attached hydrogens (tertiary/aromatic N) is 1. The molecule has 2 aliphatic heterocycles. The van der Waals surface area contributed by atoms with E-state index in [1.807, 2.05) is 0 Å². The Bertz CT molecular complexity index is 815. The second-order valence-electron chi connectivity index (χ2n) is 6.99. The summed E-state index contributed by atoms with van der Waals surface area (Å²) in [5, 5.41) is 0. The lowest BCUT2D eigenvalue weighted by Gasteiger charge is -2.19. The van der Waals surface area contributed by atoms with E-state index in [-0.39, 0.29) is 42.3 Å². The van der Waals surface area contributed by atoms with Crippen LogP contribution >= 0.6 is 0 Å². The van der Waals surface area contributed by atoms with Crippen molar-refractivity contribution in [3.05, 3.63) is 41.5 Å². The van der Waals surface area contributed by atoms with Gasteiger partial charge in [0.2, 0.25) is 18.6 Å². The number of hydrogen-bond acceptors (Lipinski definition) is 4. The number of fused-ring (bicyclic) bond motifs is 6. The van der Waals surface area contributed by atoms with Gasteiger partial charge in [-0.3, -0.25) is 9.59 Å². The zero-order chi connectivity index (χ0) is 16.6. The SMILES string of the molecule is CC(C)=C1[C@H]2C=C[C@H]1[C@@H]1C(=O)N(c3ccc4c(c3)OCO4)C(=O)[C@H]12. The topological polar surface area (TPSA) is 55.8 Å². The summed E-state index contributed by atoms with van der Waals surface area (Å²) in [4.78, 5) is 27.4. The van der Waals surface area contributed by atoms with Gasteiger partial charge in [0, 0.05) is 17.9 Å². The molecule has 5 nitrogen and oxygen atoms in total. The molecule has 5 rings (SSSR count). The van der Waals surface area contributed by atoms with Gasteiger partial charge in [0.05, 0.1) is 17.5 Å². The number of hydrogen-bond donors (Lipinski definition) is 0. The molecule has 24 heavy (non-hydrogen) atoms. The van der Waals surface area contributed by atoms with Crippen LogP contribution in [0.3, 0.4) is 0 Å². The van der Waals surface area contributed by atoms with Gasteiger partial charge in [-0.15, -0.1) is 0 Å². The van der Waals surface area contributed by atoms with Gasteiger partial charge in [-0.05, 0) is 26.0 Å². The highest BCUT2D eigenvalue weighted by Gasteiger charge is 2.61. The van der Waals surface area contributed by atoms with Crippen molar-refractivity contribution in [1.82, 2.24) is 0 Å². The van der Waals surface area contributed by atoms with E-state index >= 15 is 0 Å². The van der Waals surface area contributed by atoms with Crippen molar-refractivity contribution in [3.63, 3.8) is 0 Å². The van der Waals surface area contributed by atoms with Gasteiger partial charge < -0.3 is 9.47 Å². The number of allylic oxidation sites excluding steroid dienone is 4. The number of anilines is 1. The zero-order valence-electron chi connectivity index (χ0n) is 13.5. The summed E-state index contributed by atoms with van der Waals surface area (Å²) in [6.45, 7) is 4.30. The third-order valence-corrected chi connectivity index (χ3v) is 5.61. The van der Waals surface area contributed by atoms with Crippen LogP contribution in [0.15, 0.2) is 41.5 Å². The number of carbonyl (C=O) groups is 2. The van der Waals surface area contributed by atoms with E-state index in [0.717, 1.165) is 0 Å². The van der Waals surface area contributed by atoms with E-state index < -0.39 is 0 Å². The molecule has 2 aliphatic carbocycles. The number of imide groups is 1. The number of benzene rings is 1. The first-order valence-corrected chi connectivity index (χ1v) is 8.21. The van der Waals surface area contributed by atoms with E-state index in [2.05, 4.69) is 26.0 Å². The van der Waals surface area contributed by atoms with Crippen molar-refractivity contribution in [2.45, 2.75) is 13.8 Å². The minimum atomic E-state index is -0.261. The van der Waals surface area contributed by atoms with E-state index in [0.29, 0.717) is 17.2 Å². The summed E-state index contributed by atoms with van der Waals surface area (Å²) in [7, 11) is 0. The molecule has 2 bridgehead atoms. The molecule has 2 heterocycles. The quantitative estimate of drug-likeness (QED) is 0.589. The van der Waals surface area contributed by atoms with Gasteiger partial charge in [-0.2, -0.15) is 0 Å². The van der Waals surface area contributed by atoms with E-state index in [4.69, 9.17) is 9.47 Å². The standard InChI is InChI=1S/C19H17NO4/c1-9(2)15-11-4-5-12(15)17-16(11)18(21)20(19(17)22)10-3-6-13-14(7-10)24-8-23-13/h3-7,11-12,16-17H,8H2,1-2H3/t11-,12-,16+,17+/m1/s1. The van der Waals surface area contributed by atoms with Crippen LogP contribution < -0.4 is 14.4 Å². The van der Waals surface area contributed by atoms with Crippen LogP contribution in [0.5, 0.6) is 11.5 Å². The normalized spacial score (nSPS) is 32.1. The summed E-state index contributed by atoms with van der Waals surface area (Å²) >= 11 is 0. The van der Waals surface area contributed by atoms with Crippen molar-refractivity contribution >= 4 is 17.5 Å². The monoisotopic (exact) mass is 323 g/mol. The number of rotatable bonds is 1. The molecule has 1 aromatic rings. The predicted molar refractivity (Wildman–Crippen MR) is 86.5 cm³/mol. The Morgan fingerprint density at radius 3 is 2.25 bits per heavy atom. The summed E-state index contributed by atoms with van der Waals surface area (Å²) in [5.74, 6) is 0.647. The Kier molecular flexibility index (Phi) is 2.59. The molecule has 0 aromatic heterocycles. The lowest BCUT2D eigenvalue weighted by molar-refractivity contribution is -0.122. The fraction of sp³-hybridized carbons (Fsp3) is 0.368. The maximum absolute atomic E-state index is 13.0. The number of carbonyl (C=O) groups excluding carboxylic acids is 2. The third kappa shape index (κ3) is 1.54. The maximum Gasteiger partial charge on any atom is 0.238 e. The van der Waals surface area contributed by atoms with Crippen LogP contribution in [0.25, 0.3) is 0 Å².